The minimum Gasteiger partial charge on any atom is -0.273 e. The van der Waals surface area contributed by atoms with Crippen LogP contribution in [0.15, 0.2) is 0 Å². The molecule has 0 radical (unpaired) electrons. The van der Waals surface area contributed by atoms with E-state index in [0.717, 1.165) is 6.42 Å². The molecule has 0 aliphatic rings. The molecule has 0 atom stereocenters. The number of hydrogen-bond donors (Lipinski definition) is 0. The van der Waals surface area contributed by atoms with E-state index in [2.05, 4.69) is 0 Å². The maximum absolute atomic E-state index is 10.9. The Morgan fingerprint density at radius 2 is 2.10 bits per heavy atom. The summed E-state index contributed by atoms with van der Waals surface area (Å²) in [4.78, 5) is 15.9. The molecule has 0 aromatic carbocycles. The molecule has 0 aliphatic carbocycles. The quantitative estimate of drug-likeness (QED) is 0.556. The second kappa shape index (κ2) is 5.23. The van der Waals surface area contributed by atoms with Crippen molar-refractivity contribution in [2.45, 2.75) is 26.7 Å². The van der Waals surface area contributed by atoms with Crippen molar-refractivity contribution in [2.75, 3.05) is 13.7 Å². The summed E-state index contributed by atoms with van der Waals surface area (Å²) in [5.74, 6) is 0.0457. The van der Waals surface area contributed by atoms with Gasteiger partial charge in [-0.15, -0.1) is 0 Å². The Labute approximate surface area is 61.9 Å². The molecule has 0 bridgehead atoms. The topological polar surface area (TPSA) is 29.5 Å². The Balaban J connectivity index is 3.49. The van der Waals surface area contributed by atoms with Crippen molar-refractivity contribution in [3.63, 3.8) is 0 Å². The summed E-state index contributed by atoms with van der Waals surface area (Å²) in [7, 11) is 1.64. The highest BCUT2D eigenvalue weighted by Crippen LogP contribution is 1.94. The first-order chi connectivity index (χ1) is 4.72. The van der Waals surface area contributed by atoms with Gasteiger partial charge in [0.25, 0.3) is 0 Å². The summed E-state index contributed by atoms with van der Waals surface area (Å²) in [5.41, 5.74) is 0. The van der Waals surface area contributed by atoms with Crippen LogP contribution in [0.1, 0.15) is 26.7 Å². The molecule has 0 aromatic rings. The molecule has 0 rings (SSSR count). The van der Waals surface area contributed by atoms with Crippen molar-refractivity contribution in [2.24, 2.45) is 0 Å². The summed E-state index contributed by atoms with van der Waals surface area (Å²) >= 11 is 0. The third-order valence-electron chi connectivity index (χ3n) is 1.14. The van der Waals surface area contributed by atoms with Gasteiger partial charge in [-0.2, -0.15) is 0 Å². The number of carbonyl (C=O) groups is 1. The van der Waals surface area contributed by atoms with Gasteiger partial charge in [-0.1, -0.05) is 6.92 Å². The van der Waals surface area contributed by atoms with Gasteiger partial charge in [-0.3, -0.25) is 9.63 Å². The van der Waals surface area contributed by atoms with E-state index in [-0.39, 0.29) is 5.91 Å². The van der Waals surface area contributed by atoms with Gasteiger partial charge in [0.05, 0.1) is 6.61 Å². The van der Waals surface area contributed by atoms with Crippen molar-refractivity contribution < 1.29 is 9.63 Å². The lowest BCUT2D eigenvalue weighted by molar-refractivity contribution is -0.176. The second-order valence-electron chi connectivity index (χ2n) is 2.06. The van der Waals surface area contributed by atoms with Gasteiger partial charge in [-0.25, -0.2) is 5.06 Å². The van der Waals surface area contributed by atoms with E-state index in [1.807, 2.05) is 13.8 Å². The summed E-state index contributed by atoms with van der Waals surface area (Å²) in [6.45, 7) is 4.37. The number of nitrogens with zero attached hydrogens (tertiary/aromatic N) is 1. The highest BCUT2D eigenvalue weighted by Gasteiger charge is 2.05. The van der Waals surface area contributed by atoms with Gasteiger partial charge in [0, 0.05) is 13.5 Å². The van der Waals surface area contributed by atoms with Crippen molar-refractivity contribution in [1.82, 2.24) is 5.06 Å². The zero-order chi connectivity index (χ0) is 7.98. The van der Waals surface area contributed by atoms with Crippen LogP contribution in [0.4, 0.5) is 0 Å². The lowest BCUT2D eigenvalue weighted by Crippen LogP contribution is -2.26. The number of carbonyl (C=O) groups excluding carboxylic acids is 1. The van der Waals surface area contributed by atoms with Crippen LogP contribution >= 0.6 is 0 Å². The molecule has 0 spiro atoms. The summed E-state index contributed by atoms with van der Waals surface area (Å²) in [5, 5.41) is 1.30. The molecule has 3 heteroatoms. The predicted molar refractivity (Wildman–Crippen MR) is 39.3 cm³/mol. The first kappa shape index (κ1) is 9.43. The molecular weight excluding hydrogens is 130 g/mol. The fourth-order valence-corrected chi connectivity index (χ4v) is 0.637. The van der Waals surface area contributed by atoms with E-state index in [1.165, 1.54) is 5.06 Å². The molecular formula is C7H15NO2. The van der Waals surface area contributed by atoms with E-state index in [1.54, 1.807) is 7.05 Å². The summed E-state index contributed by atoms with van der Waals surface area (Å²) in [6, 6.07) is 0. The Kier molecular flexibility index (Phi) is 4.94. The summed E-state index contributed by atoms with van der Waals surface area (Å²) < 4.78 is 0. The minimum atomic E-state index is 0.0457. The van der Waals surface area contributed by atoms with Crippen LogP contribution in [-0.4, -0.2) is 24.6 Å². The molecule has 0 heterocycles. The smallest absolute Gasteiger partial charge is 0.245 e. The first-order valence-electron chi connectivity index (χ1n) is 3.61. The average Bonchev–Trinajstić information content (AvgIpc) is 1.89. The van der Waals surface area contributed by atoms with E-state index in [0.29, 0.717) is 13.0 Å². The normalized spacial score (nSPS) is 9.50. The van der Waals surface area contributed by atoms with Crippen LogP contribution in [0.5, 0.6) is 0 Å². The molecule has 0 saturated carbocycles. The van der Waals surface area contributed by atoms with E-state index in [9.17, 15) is 4.79 Å². The van der Waals surface area contributed by atoms with Crippen molar-refractivity contribution in [3.8, 4) is 0 Å². The van der Waals surface area contributed by atoms with Crippen LogP contribution in [0.3, 0.4) is 0 Å². The second-order valence-corrected chi connectivity index (χ2v) is 2.06. The Hall–Kier alpha value is -0.570. The van der Waals surface area contributed by atoms with Gasteiger partial charge < -0.3 is 0 Å². The Bertz CT molecular complexity index is 104. The molecule has 0 fully saturated rings. The van der Waals surface area contributed by atoms with Crippen molar-refractivity contribution in [1.29, 1.82) is 0 Å². The summed E-state index contributed by atoms with van der Waals surface area (Å²) in [6.07, 6.45) is 1.44. The van der Waals surface area contributed by atoms with Crippen molar-refractivity contribution in [3.05, 3.63) is 0 Å². The predicted octanol–water partition coefficient (Wildman–Crippen LogP) is 1.20. The van der Waals surface area contributed by atoms with Gasteiger partial charge in [-0.05, 0) is 13.3 Å². The van der Waals surface area contributed by atoms with E-state index >= 15 is 0 Å². The lowest BCUT2D eigenvalue weighted by atomic mass is 10.3. The molecule has 0 N–H and O–H groups in total. The third kappa shape index (κ3) is 3.45. The lowest BCUT2D eigenvalue weighted by Gasteiger charge is -2.14. The maximum Gasteiger partial charge on any atom is 0.245 e. The first-order valence-corrected chi connectivity index (χ1v) is 3.61. The Morgan fingerprint density at radius 1 is 1.50 bits per heavy atom. The van der Waals surface area contributed by atoms with Crippen LogP contribution in [0.2, 0.25) is 0 Å². The number of hydroxylamine groups is 2. The molecule has 10 heavy (non-hydrogen) atoms. The molecule has 0 saturated heterocycles. The average molecular weight is 145 g/mol. The number of hydrogen-bond acceptors (Lipinski definition) is 2. The standard InChI is InChI=1S/C7H15NO2/c1-4-6-7(9)8(3)10-5-2/h4-6H2,1-3H3. The van der Waals surface area contributed by atoms with Crippen molar-refractivity contribution >= 4 is 5.91 Å². The SMILES string of the molecule is CCCC(=O)N(C)OCC. The van der Waals surface area contributed by atoms with Crippen LogP contribution in [0.25, 0.3) is 0 Å². The van der Waals surface area contributed by atoms with Gasteiger partial charge in [0.2, 0.25) is 5.91 Å². The third-order valence-corrected chi connectivity index (χ3v) is 1.14. The fraction of sp³-hybridized carbons (Fsp3) is 0.857. The van der Waals surface area contributed by atoms with Crippen LogP contribution < -0.4 is 0 Å². The Morgan fingerprint density at radius 3 is 2.50 bits per heavy atom. The van der Waals surface area contributed by atoms with Crippen LogP contribution in [-0.2, 0) is 9.63 Å². The maximum atomic E-state index is 10.9. The van der Waals surface area contributed by atoms with E-state index < -0.39 is 0 Å². The molecule has 1 amide bonds. The minimum absolute atomic E-state index is 0.0457. The zero-order valence-corrected chi connectivity index (χ0v) is 6.89. The van der Waals surface area contributed by atoms with Gasteiger partial charge in [0.15, 0.2) is 0 Å². The molecule has 0 unspecified atom stereocenters. The molecule has 3 nitrogen and oxygen atoms in total. The highest BCUT2D eigenvalue weighted by molar-refractivity contribution is 5.74. The van der Waals surface area contributed by atoms with E-state index in [4.69, 9.17) is 4.84 Å². The van der Waals surface area contributed by atoms with Gasteiger partial charge >= 0.3 is 0 Å². The van der Waals surface area contributed by atoms with Crippen LogP contribution in [0, 0.1) is 0 Å². The number of amides is 1. The monoisotopic (exact) mass is 145 g/mol. The number of rotatable bonds is 4. The fourth-order valence-electron chi connectivity index (χ4n) is 0.637. The molecule has 0 aliphatic heterocycles. The highest BCUT2D eigenvalue weighted by atomic mass is 16.7. The largest absolute Gasteiger partial charge is 0.273 e. The molecule has 60 valence electrons. The zero-order valence-electron chi connectivity index (χ0n) is 6.89. The molecule has 0 aromatic heterocycles. The van der Waals surface area contributed by atoms with Gasteiger partial charge in [0.1, 0.15) is 0 Å².